The third-order valence-corrected chi connectivity index (χ3v) is 8.94. The second-order valence-corrected chi connectivity index (χ2v) is 10.9. The van der Waals surface area contributed by atoms with Gasteiger partial charge in [-0.05, 0) is 54.5 Å². The smallest absolute Gasteiger partial charge is 0.271 e. The lowest BCUT2D eigenvalue weighted by atomic mass is 10.0. The van der Waals surface area contributed by atoms with Crippen molar-refractivity contribution in [1.82, 2.24) is 4.31 Å². The molecular formula is C16H20N2O4S3. The Bertz CT molecular complexity index is 912. The molecule has 136 valence electrons. The number of nitrogens with zero attached hydrogens (tertiary/aromatic N) is 1. The molecule has 0 radical (unpaired) electrons. The zero-order valence-electron chi connectivity index (χ0n) is 13.8. The number of piperidine rings is 1. The SMILES string of the molecule is CC1CCN(S(=O)(=O)c2ccc(NS(=O)(=O)c3cccs3)cc2)CC1. The highest BCUT2D eigenvalue weighted by Crippen LogP contribution is 2.25. The molecule has 25 heavy (non-hydrogen) atoms. The molecule has 0 amide bonds. The van der Waals surface area contributed by atoms with E-state index >= 15 is 0 Å². The number of nitrogens with one attached hydrogen (secondary N) is 1. The fourth-order valence-corrected chi connectivity index (χ4v) is 6.21. The van der Waals surface area contributed by atoms with Gasteiger partial charge in [0.1, 0.15) is 4.21 Å². The summed E-state index contributed by atoms with van der Waals surface area (Å²) in [5.74, 6) is 0.542. The number of hydrogen-bond acceptors (Lipinski definition) is 5. The van der Waals surface area contributed by atoms with Gasteiger partial charge in [0, 0.05) is 18.8 Å². The maximum Gasteiger partial charge on any atom is 0.271 e. The first-order valence-electron chi connectivity index (χ1n) is 7.95. The number of anilines is 1. The largest absolute Gasteiger partial charge is 0.279 e. The van der Waals surface area contributed by atoms with Gasteiger partial charge >= 0.3 is 0 Å². The lowest BCUT2D eigenvalue weighted by Gasteiger charge is -2.29. The van der Waals surface area contributed by atoms with Crippen molar-refractivity contribution in [3.8, 4) is 0 Å². The highest BCUT2D eigenvalue weighted by molar-refractivity contribution is 7.94. The van der Waals surface area contributed by atoms with Gasteiger partial charge in [0.25, 0.3) is 10.0 Å². The Morgan fingerprint density at radius 2 is 1.68 bits per heavy atom. The summed E-state index contributed by atoms with van der Waals surface area (Å²) >= 11 is 1.12. The summed E-state index contributed by atoms with van der Waals surface area (Å²) in [5.41, 5.74) is 0.333. The lowest BCUT2D eigenvalue weighted by Crippen LogP contribution is -2.37. The van der Waals surface area contributed by atoms with Crippen molar-refractivity contribution < 1.29 is 16.8 Å². The van der Waals surface area contributed by atoms with Gasteiger partial charge in [-0.15, -0.1) is 11.3 Å². The van der Waals surface area contributed by atoms with Crippen LogP contribution in [0.25, 0.3) is 0 Å². The summed E-state index contributed by atoms with van der Waals surface area (Å²) in [6.45, 7) is 3.17. The second-order valence-electron chi connectivity index (χ2n) is 6.15. The zero-order chi connectivity index (χ0) is 18.1. The van der Waals surface area contributed by atoms with E-state index in [2.05, 4.69) is 11.6 Å². The molecule has 1 aliphatic heterocycles. The molecule has 0 aliphatic carbocycles. The molecule has 0 unspecified atom stereocenters. The minimum atomic E-state index is -3.64. The Balaban J connectivity index is 1.76. The zero-order valence-corrected chi connectivity index (χ0v) is 16.2. The van der Waals surface area contributed by atoms with Crippen LogP contribution in [0.3, 0.4) is 0 Å². The van der Waals surface area contributed by atoms with Gasteiger partial charge in [-0.1, -0.05) is 13.0 Å². The fraction of sp³-hybridized carbons (Fsp3) is 0.375. The number of rotatable bonds is 5. The highest BCUT2D eigenvalue weighted by Gasteiger charge is 2.28. The lowest BCUT2D eigenvalue weighted by molar-refractivity contribution is 0.288. The van der Waals surface area contributed by atoms with E-state index in [0.29, 0.717) is 24.7 Å². The Morgan fingerprint density at radius 1 is 1.04 bits per heavy atom. The van der Waals surface area contributed by atoms with Crippen LogP contribution in [0, 0.1) is 5.92 Å². The first-order valence-corrected chi connectivity index (χ1v) is 11.8. The van der Waals surface area contributed by atoms with Crippen molar-refractivity contribution in [3.05, 3.63) is 41.8 Å². The number of sulfonamides is 2. The van der Waals surface area contributed by atoms with E-state index in [-0.39, 0.29) is 9.10 Å². The average Bonchev–Trinajstić information content (AvgIpc) is 3.11. The van der Waals surface area contributed by atoms with Crippen molar-refractivity contribution in [1.29, 1.82) is 0 Å². The van der Waals surface area contributed by atoms with Crippen LogP contribution in [-0.2, 0) is 20.0 Å². The van der Waals surface area contributed by atoms with Crippen molar-refractivity contribution in [2.75, 3.05) is 17.8 Å². The summed E-state index contributed by atoms with van der Waals surface area (Å²) < 4.78 is 53.9. The highest BCUT2D eigenvalue weighted by atomic mass is 32.2. The summed E-state index contributed by atoms with van der Waals surface area (Å²) in [5, 5.41) is 1.68. The normalized spacial score (nSPS) is 17.5. The molecule has 1 N–H and O–H groups in total. The first-order chi connectivity index (χ1) is 11.8. The molecule has 2 heterocycles. The van der Waals surface area contributed by atoms with Crippen molar-refractivity contribution in [3.63, 3.8) is 0 Å². The van der Waals surface area contributed by atoms with E-state index in [1.807, 2.05) is 0 Å². The fourth-order valence-electron chi connectivity index (χ4n) is 2.69. The van der Waals surface area contributed by atoms with Crippen LogP contribution < -0.4 is 4.72 Å². The van der Waals surface area contributed by atoms with Gasteiger partial charge in [0.05, 0.1) is 4.90 Å². The van der Waals surface area contributed by atoms with Gasteiger partial charge < -0.3 is 0 Å². The second kappa shape index (κ2) is 7.06. The van der Waals surface area contributed by atoms with Crippen LogP contribution in [-0.4, -0.2) is 34.2 Å². The Hall–Kier alpha value is -1.42. The number of thiophene rings is 1. The third-order valence-electron chi connectivity index (χ3n) is 4.25. The molecule has 0 saturated carbocycles. The molecule has 1 saturated heterocycles. The van der Waals surface area contributed by atoms with E-state index in [0.717, 1.165) is 24.2 Å². The Morgan fingerprint density at radius 3 is 2.24 bits per heavy atom. The molecule has 0 bridgehead atoms. The van der Waals surface area contributed by atoms with Gasteiger partial charge in [-0.25, -0.2) is 16.8 Å². The summed E-state index contributed by atoms with van der Waals surface area (Å²) in [7, 11) is -7.17. The van der Waals surface area contributed by atoms with Crippen LogP contribution >= 0.6 is 11.3 Å². The Kier molecular flexibility index (Phi) is 5.19. The average molecular weight is 401 g/mol. The van der Waals surface area contributed by atoms with Crippen LogP contribution in [0.1, 0.15) is 19.8 Å². The minimum Gasteiger partial charge on any atom is -0.279 e. The first kappa shape index (κ1) is 18.4. The monoisotopic (exact) mass is 400 g/mol. The topological polar surface area (TPSA) is 83.6 Å². The minimum absolute atomic E-state index is 0.182. The third kappa shape index (κ3) is 4.05. The number of hydrogen-bond donors (Lipinski definition) is 1. The predicted octanol–water partition coefficient (Wildman–Crippen LogP) is 2.97. The molecular weight excluding hydrogens is 380 g/mol. The van der Waals surface area contributed by atoms with E-state index < -0.39 is 20.0 Å². The molecule has 9 heteroatoms. The molecule has 1 aliphatic rings. The van der Waals surface area contributed by atoms with Crippen LogP contribution in [0.4, 0.5) is 5.69 Å². The van der Waals surface area contributed by atoms with Gasteiger partial charge in [0.15, 0.2) is 0 Å². The summed E-state index contributed by atoms with van der Waals surface area (Å²) in [6, 6.07) is 9.02. The van der Waals surface area contributed by atoms with Crippen LogP contribution in [0.15, 0.2) is 50.9 Å². The van der Waals surface area contributed by atoms with Gasteiger partial charge in [0.2, 0.25) is 10.0 Å². The summed E-state index contributed by atoms with van der Waals surface area (Å²) in [6.07, 6.45) is 1.72. The van der Waals surface area contributed by atoms with E-state index in [1.165, 1.54) is 34.6 Å². The maximum atomic E-state index is 12.7. The molecule has 6 nitrogen and oxygen atoms in total. The standard InChI is InChI=1S/C16H20N2O4S3/c1-13-8-10-18(11-9-13)25(21,22)15-6-4-14(5-7-15)17-24(19,20)16-3-2-12-23-16/h2-7,12-13,17H,8-11H2,1H3. The maximum absolute atomic E-state index is 12.7. The van der Waals surface area contributed by atoms with Crippen LogP contribution in [0.2, 0.25) is 0 Å². The molecule has 0 atom stereocenters. The quantitative estimate of drug-likeness (QED) is 0.836. The van der Waals surface area contributed by atoms with Crippen molar-refractivity contribution >= 4 is 37.1 Å². The Labute approximate surface area is 152 Å². The molecule has 1 aromatic carbocycles. The van der Waals surface area contributed by atoms with Gasteiger partial charge in [-0.3, -0.25) is 4.72 Å². The number of benzene rings is 1. The molecule has 2 aromatic rings. The van der Waals surface area contributed by atoms with Crippen molar-refractivity contribution in [2.45, 2.75) is 28.9 Å². The van der Waals surface area contributed by atoms with Gasteiger partial charge in [-0.2, -0.15) is 4.31 Å². The van der Waals surface area contributed by atoms with Crippen LogP contribution in [0.5, 0.6) is 0 Å². The summed E-state index contributed by atoms with van der Waals surface area (Å²) in [4.78, 5) is 0.182. The van der Waals surface area contributed by atoms with E-state index in [4.69, 9.17) is 0 Å². The molecule has 1 aromatic heterocycles. The van der Waals surface area contributed by atoms with E-state index in [9.17, 15) is 16.8 Å². The molecule has 3 rings (SSSR count). The predicted molar refractivity (Wildman–Crippen MR) is 98.7 cm³/mol. The molecule has 1 fully saturated rings. The van der Waals surface area contributed by atoms with E-state index in [1.54, 1.807) is 11.4 Å². The molecule has 0 spiro atoms. The van der Waals surface area contributed by atoms with Crippen molar-refractivity contribution in [2.24, 2.45) is 5.92 Å².